The first-order valence-corrected chi connectivity index (χ1v) is 13.4. The highest BCUT2D eigenvalue weighted by molar-refractivity contribution is 5.91. The third kappa shape index (κ3) is 6.91. The highest BCUT2D eigenvalue weighted by Crippen LogP contribution is 2.43. The number of nitrogens with two attached hydrogens (primary N) is 1. The second-order valence-corrected chi connectivity index (χ2v) is 9.36. The number of esters is 1. The van der Waals surface area contributed by atoms with Crippen LogP contribution >= 0.6 is 0 Å². The van der Waals surface area contributed by atoms with Crippen molar-refractivity contribution in [3.05, 3.63) is 94.9 Å². The molecule has 1 unspecified atom stereocenters. The summed E-state index contributed by atoms with van der Waals surface area (Å²) in [7, 11) is 0. The summed E-state index contributed by atoms with van der Waals surface area (Å²) in [6.45, 7) is 5.56. The molecule has 1 heterocycles. The molecule has 4 rings (SSSR count). The Kier molecular flexibility index (Phi) is 9.47. The van der Waals surface area contributed by atoms with Crippen molar-refractivity contribution in [2.75, 3.05) is 13.2 Å². The van der Waals surface area contributed by atoms with Crippen molar-refractivity contribution in [1.82, 2.24) is 0 Å². The van der Waals surface area contributed by atoms with Gasteiger partial charge < -0.3 is 24.7 Å². The fraction of sp³-hybridized carbons (Fsp3) is 0.312. The van der Waals surface area contributed by atoms with Crippen LogP contribution in [0, 0.1) is 11.3 Å². The minimum atomic E-state index is -0.502. The Morgan fingerprint density at radius 1 is 0.872 bits per heavy atom. The van der Waals surface area contributed by atoms with Gasteiger partial charge in [0, 0.05) is 11.6 Å². The molecule has 0 fully saturated rings. The molecule has 1 atom stereocenters. The standard InChI is InChI=1S/C32H34N2O5/c1-3-5-7-19-37-24-12-8-22(9-13-24)30-27-17-16-26(20-29(27)39-31(34)28(30)21-33)38-32(35)23-10-14-25(15-11-23)36-18-6-4-2/h8-17,20,30H,3-7,18-19,34H2,1-2H3. The number of ether oxygens (including phenoxy) is 4. The van der Waals surface area contributed by atoms with Gasteiger partial charge >= 0.3 is 5.97 Å². The van der Waals surface area contributed by atoms with E-state index in [2.05, 4.69) is 19.9 Å². The SMILES string of the molecule is CCCCCOc1ccc(C2C(C#N)=C(N)Oc3cc(OC(=O)c4ccc(OCCCC)cc4)ccc32)cc1. The van der Waals surface area contributed by atoms with Crippen molar-refractivity contribution in [1.29, 1.82) is 5.26 Å². The molecule has 1 aliphatic heterocycles. The Hall–Kier alpha value is -4.44. The van der Waals surface area contributed by atoms with Gasteiger partial charge in [0.25, 0.3) is 0 Å². The molecule has 3 aromatic rings. The topological polar surface area (TPSA) is 104 Å². The number of hydrogen-bond acceptors (Lipinski definition) is 7. The molecule has 3 aromatic carbocycles. The summed E-state index contributed by atoms with van der Waals surface area (Å²) in [6.07, 6.45) is 5.30. The summed E-state index contributed by atoms with van der Waals surface area (Å²) in [5.74, 6) is 1.33. The second-order valence-electron chi connectivity index (χ2n) is 9.36. The van der Waals surface area contributed by atoms with Crippen molar-refractivity contribution >= 4 is 5.97 Å². The lowest BCUT2D eigenvalue weighted by Gasteiger charge is -2.26. The van der Waals surface area contributed by atoms with E-state index in [1.165, 1.54) is 0 Å². The third-order valence-corrected chi connectivity index (χ3v) is 6.49. The lowest BCUT2D eigenvalue weighted by molar-refractivity contribution is 0.0734. The summed E-state index contributed by atoms with van der Waals surface area (Å²) in [5, 5.41) is 9.85. The van der Waals surface area contributed by atoms with Crippen LogP contribution in [-0.2, 0) is 0 Å². The molecule has 39 heavy (non-hydrogen) atoms. The first-order valence-electron chi connectivity index (χ1n) is 13.4. The largest absolute Gasteiger partial charge is 0.494 e. The van der Waals surface area contributed by atoms with Crippen LogP contribution in [0.3, 0.4) is 0 Å². The van der Waals surface area contributed by atoms with Gasteiger partial charge in [-0.1, -0.05) is 51.3 Å². The number of nitrogens with zero attached hydrogens (tertiary/aromatic N) is 1. The van der Waals surface area contributed by atoms with Gasteiger partial charge in [-0.2, -0.15) is 5.26 Å². The normalized spacial score (nSPS) is 14.1. The van der Waals surface area contributed by atoms with E-state index in [9.17, 15) is 10.1 Å². The number of rotatable bonds is 12. The fourth-order valence-electron chi connectivity index (χ4n) is 4.33. The molecule has 1 aliphatic rings. The highest BCUT2D eigenvalue weighted by Gasteiger charge is 2.31. The van der Waals surface area contributed by atoms with E-state index in [1.54, 1.807) is 42.5 Å². The van der Waals surface area contributed by atoms with Crippen LogP contribution in [0.15, 0.2) is 78.2 Å². The minimum Gasteiger partial charge on any atom is -0.494 e. The Labute approximate surface area is 229 Å². The van der Waals surface area contributed by atoms with E-state index in [0.29, 0.717) is 41.6 Å². The van der Waals surface area contributed by atoms with Crippen molar-refractivity contribution in [3.63, 3.8) is 0 Å². The van der Waals surface area contributed by atoms with E-state index in [-0.39, 0.29) is 5.88 Å². The van der Waals surface area contributed by atoms with E-state index in [0.717, 1.165) is 49.0 Å². The van der Waals surface area contributed by atoms with Crippen molar-refractivity contribution in [3.8, 4) is 29.1 Å². The molecule has 0 saturated carbocycles. The predicted molar refractivity (Wildman–Crippen MR) is 149 cm³/mol. The average molecular weight is 527 g/mol. The van der Waals surface area contributed by atoms with Gasteiger partial charge in [0.15, 0.2) is 0 Å². The minimum absolute atomic E-state index is 0.0250. The first-order chi connectivity index (χ1) is 19.0. The number of hydrogen-bond donors (Lipinski definition) is 1. The second kappa shape index (κ2) is 13.4. The van der Waals surface area contributed by atoms with E-state index in [4.69, 9.17) is 24.7 Å². The smallest absolute Gasteiger partial charge is 0.343 e. The van der Waals surface area contributed by atoms with Crippen LogP contribution in [0.5, 0.6) is 23.0 Å². The monoisotopic (exact) mass is 526 g/mol. The fourth-order valence-corrected chi connectivity index (χ4v) is 4.33. The summed E-state index contributed by atoms with van der Waals surface area (Å²) in [4.78, 5) is 12.8. The zero-order valence-electron chi connectivity index (χ0n) is 22.4. The average Bonchev–Trinajstić information content (AvgIpc) is 2.95. The van der Waals surface area contributed by atoms with Crippen LogP contribution in [0.25, 0.3) is 0 Å². The Morgan fingerprint density at radius 3 is 2.13 bits per heavy atom. The summed E-state index contributed by atoms with van der Waals surface area (Å²) < 4.78 is 22.9. The zero-order chi connectivity index (χ0) is 27.6. The van der Waals surface area contributed by atoms with E-state index in [1.807, 2.05) is 24.3 Å². The Morgan fingerprint density at radius 2 is 1.49 bits per heavy atom. The maximum atomic E-state index is 12.8. The van der Waals surface area contributed by atoms with Crippen molar-refractivity contribution in [2.24, 2.45) is 5.73 Å². The number of carbonyl (C=O) groups excluding carboxylic acids is 1. The van der Waals surface area contributed by atoms with Gasteiger partial charge in [-0.05, 0) is 60.9 Å². The molecule has 0 aliphatic carbocycles. The maximum Gasteiger partial charge on any atom is 0.343 e. The lowest BCUT2D eigenvalue weighted by Crippen LogP contribution is -2.21. The summed E-state index contributed by atoms with van der Waals surface area (Å²) in [6, 6.07) is 21.8. The third-order valence-electron chi connectivity index (χ3n) is 6.49. The quantitative estimate of drug-likeness (QED) is 0.156. The first kappa shape index (κ1) is 27.6. The molecule has 0 bridgehead atoms. The van der Waals surface area contributed by atoms with Gasteiger partial charge in [-0.15, -0.1) is 0 Å². The van der Waals surface area contributed by atoms with Gasteiger partial charge in [-0.3, -0.25) is 0 Å². The van der Waals surface area contributed by atoms with Crippen LogP contribution in [-0.4, -0.2) is 19.2 Å². The van der Waals surface area contributed by atoms with Crippen LogP contribution < -0.4 is 24.7 Å². The molecule has 7 heteroatoms. The van der Waals surface area contributed by atoms with Crippen molar-refractivity contribution < 1.29 is 23.7 Å². The molecule has 0 spiro atoms. The van der Waals surface area contributed by atoms with Crippen LogP contribution in [0.2, 0.25) is 0 Å². The molecule has 0 amide bonds. The number of fused-ring (bicyclic) bond motifs is 1. The summed E-state index contributed by atoms with van der Waals surface area (Å²) >= 11 is 0. The number of allylic oxidation sites excluding steroid dienone is 1. The Bertz CT molecular complexity index is 1340. The number of unbranched alkanes of at least 4 members (excludes halogenated alkanes) is 3. The van der Waals surface area contributed by atoms with Gasteiger partial charge in [-0.25, -0.2) is 4.79 Å². The van der Waals surface area contributed by atoms with Gasteiger partial charge in [0.2, 0.25) is 5.88 Å². The molecule has 202 valence electrons. The number of carbonyl (C=O) groups is 1. The summed E-state index contributed by atoms with van der Waals surface area (Å²) in [5.41, 5.74) is 8.51. The van der Waals surface area contributed by atoms with Crippen molar-refractivity contribution in [2.45, 2.75) is 51.9 Å². The Balaban J connectivity index is 1.49. The maximum absolute atomic E-state index is 12.8. The molecule has 0 radical (unpaired) electrons. The highest BCUT2D eigenvalue weighted by atomic mass is 16.5. The predicted octanol–water partition coefficient (Wildman–Crippen LogP) is 6.87. The molecule has 0 saturated heterocycles. The lowest BCUT2D eigenvalue weighted by atomic mass is 9.83. The van der Waals surface area contributed by atoms with Crippen LogP contribution in [0.1, 0.15) is 73.4 Å². The van der Waals surface area contributed by atoms with Gasteiger partial charge in [0.1, 0.15) is 34.6 Å². The zero-order valence-corrected chi connectivity index (χ0v) is 22.4. The van der Waals surface area contributed by atoms with E-state index < -0.39 is 11.9 Å². The van der Waals surface area contributed by atoms with E-state index >= 15 is 0 Å². The number of benzene rings is 3. The molecular formula is C32H34N2O5. The van der Waals surface area contributed by atoms with Crippen LogP contribution in [0.4, 0.5) is 0 Å². The molecular weight excluding hydrogens is 492 g/mol. The molecule has 2 N–H and O–H groups in total. The van der Waals surface area contributed by atoms with Gasteiger partial charge in [0.05, 0.1) is 24.7 Å². The molecule has 0 aromatic heterocycles. The molecule has 7 nitrogen and oxygen atoms in total. The number of nitriles is 1.